The molecule has 1 amide bonds. The summed E-state index contributed by atoms with van der Waals surface area (Å²) in [5.41, 5.74) is -0.0127. The Morgan fingerprint density at radius 3 is 2.54 bits per heavy atom. The van der Waals surface area contributed by atoms with Gasteiger partial charge in [-0.05, 0) is 31.0 Å². The van der Waals surface area contributed by atoms with E-state index in [-0.39, 0.29) is 18.0 Å². The van der Waals surface area contributed by atoms with Gasteiger partial charge in [0.25, 0.3) is 0 Å². The molecule has 5 nitrogen and oxygen atoms in total. The first-order valence-electron chi connectivity index (χ1n) is 8.38. The quantitative estimate of drug-likeness (QED) is 0.808. The van der Waals surface area contributed by atoms with Crippen LogP contribution in [0.15, 0.2) is 18.2 Å². The number of benzene rings is 1. The second kappa shape index (κ2) is 7.55. The first kappa shape index (κ1) is 17.3. The van der Waals surface area contributed by atoms with Crippen molar-refractivity contribution >= 4 is 5.91 Å². The molecule has 1 aliphatic heterocycles. The summed E-state index contributed by atoms with van der Waals surface area (Å²) in [7, 11) is 0. The molecule has 1 aromatic carbocycles. The highest BCUT2D eigenvalue weighted by Gasteiger charge is 2.26. The summed E-state index contributed by atoms with van der Waals surface area (Å²) < 4.78 is 26.9. The van der Waals surface area contributed by atoms with Crippen LogP contribution >= 0.6 is 0 Å². The topological polar surface area (TPSA) is 55.8 Å². The van der Waals surface area contributed by atoms with Gasteiger partial charge < -0.3 is 10.4 Å². The van der Waals surface area contributed by atoms with Crippen LogP contribution in [-0.4, -0.2) is 66.1 Å². The summed E-state index contributed by atoms with van der Waals surface area (Å²) >= 11 is 0. The van der Waals surface area contributed by atoms with Gasteiger partial charge in [0, 0.05) is 44.3 Å². The van der Waals surface area contributed by atoms with Crippen LogP contribution in [0.1, 0.15) is 24.5 Å². The molecule has 0 radical (unpaired) electrons. The number of halogens is 2. The van der Waals surface area contributed by atoms with Crippen LogP contribution in [0.4, 0.5) is 8.78 Å². The molecule has 0 spiro atoms. The van der Waals surface area contributed by atoms with E-state index >= 15 is 0 Å². The molecule has 1 unspecified atom stereocenters. The lowest BCUT2D eigenvalue weighted by molar-refractivity contribution is -0.122. The predicted octanol–water partition coefficient (Wildman–Crippen LogP) is 0.894. The molecule has 132 valence electrons. The lowest BCUT2D eigenvalue weighted by Crippen LogP contribution is -2.50. The highest BCUT2D eigenvalue weighted by molar-refractivity contribution is 5.78. The summed E-state index contributed by atoms with van der Waals surface area (Å²) in [4.78, 5) is 15.9. The Balaban J connectivity index is 1.44. The van der Waals surface area contributed by atoms with Gasteiger partial charge in [0.15, 0.2) is 0 Å². The fraction of sp³-hybridized carbons (Fsp3) is 0.588. The number of nitrogens with zero attached hydrogens (tertiary/aromatic N) is 2. The second-order valence-corrected chi connectivity index (χ2v) is 6.60. The van der Waals surface area contributed by atoms with Crippen molar-refractivity contribution in [3.05, 3.63) is 35.4 Å². The van der Waals surface area contributed by atoms with Crippen molar-refractivity contribution < 1.29 is 18.7 Å². The molecule has 1 atom stereocenters. The van der Waals surface area contributed by atoms with Crippen LogP contribution in [0, 0.1) is 11.6 Å². The van der Waals surface area contributed by atoms with E-state index in [4.69, 9.17) is 0 Å². The van der Waals surface area contributed by atoms with E-state index in [0.717, 1.165) is 44.1 Å². The fourth-order valence-electron chi connectivity index (χ4n) is 2.95. The number of amides is 1. The SMILES string of the molecule is O=C(CN1CCN(CC(O)c2cc(F)ccc2F)CC1)NC1CC1. The van der Waals surface area contributed by atoms with Crippen LogP contribution in [0.5, 0.6) is 0 Å². The number of piperazine rings is 1. The summed E-state index contributed by atoms with van der Waals surface area (Å²) in [6, 6.07) is 3.48. The van der Waals surface area contributed by atoms with Crippen molar-refractivity contribution in [3.63, 3.8) is 0 Å². The Kier molecular flexibility index (Phi) is 5.43. The molecule has 0 aromatic heterocycles. The number of carbonyl (C=O) groups is 1. The number of nitrogens with one attached hydrogen (secondary N) is 1. The van der Waals surface area contributed by atoms with Crippen LogP contribution in [-0.2, 0) is 4.79 Å². The Morgan fingerprint density at radius 1 is 1.21 bits per heavy atom. The molecule has 1 saturated heterocycles. The Hall–Kier alpha value is -1.57. The van der Waals surface area contributed by atoms with Crippen LogP contribution in [0.25, 0.3) is 0 Å². The first-order valence-corrected chi connectivity index (χ1v) is 8.38. The normalized spacial score (nSPS) is 20.8. The van der Waals surface area contributed by atoms with E-state index in [1.165, 1.54) is 0 Å². The van der Waals surface area contributed by atoms with Gasteiger partial charge in [-0.25, -0.2) is 8.78 Å². The lowest BCUT2D eigenvalue weighted by Gasteiger charge is -2.35. The predicted molar refractivity (Wildman–Crippen MR) is 85.4 cm³/mol. The van der Waals surface area contributed by atoms with Crippen molar-refractivity contribution in [3.8, 4) is 0 Å². The minimum absolute atomic E-state index is 0.0127. The molecule has 2 N–H and O–H groups in total. The van der Waals surface area contributed by atoms with E-state index in [0.29, 0.717) is 25.7 Å². The molecule has 2 aliphatic rings. The van der Waals surface area contributed by atoms with Crippen molar-refractivity contribution in [2.45, 2.75) is 25.0 Å². The number of hydrogen-bond donors (Lipinski definition) is 2. The number of rotatable bonds is 6. The summed E-state index contributed by atoms with van der Waals surface area (Å²) in [5, 5.41) is 13.1. The molecule has 0 bridgehead atoms. The first-order chi connectivity index (χ1) is 11.5. The van der Waals surface area contributed by atoms with Gasteiger partial charge >= 0.3 is 0 Å². The lowest BCUT2D eigenvalue weighted by atomic mass is 10.1. The van der Waals surface area contributed by atoms with Gasteiger partial charge in [0.1, 0.15) is 11.6 Å². The molecular formula is C17H23F2N3O2. The third kappa shape index (κ3) is 4.72. The summed E-state index contributed by atoms with van der Waals surface area (Å²) in [5.74, 6) is -1.09. The van der Waals surface area contributed by atoms with Gasteiger partial charge in [-0.2, -0.15) is 0 Å². The number of hydrogen-bond acceptors (Lipinski definition) is 4. The molecule has 7 heteroatoms. The Bertz CT molecular complexity index is 587. The van der Waals surface area contributed by atoms with Crippen LogP contribution in [0.3, 0.4) is 0 Å². The maximum absolute atomic E-state index is 13.7. The smallest absolute Gasteiger partial charge is 0.234 e. The zero-order chi connectivity index (χ0) is 17.1. The average Bonchev–Trinajstić information content (AvgIpc) is 3.35. The Labute approximate surface area is 140 Å². The van der Waals surface area contributed by atoms with E-state index in [9.17, 15) is 18.7 Å². The maximum atomic E-state index is 13.7. The number of aliphatic hydroxyl groups is 1. The van der Waals surface area contributed by atoms with Gasteiger partial charge in [-0.3, -0.25) is 14.6 Å². The Morgan fingerprint density at radius 2 is 1.88 bits per heavy atom. The highest BCUT2D eigenvalue weighted by Crippen LogP contribution is 2.20. The summed E-state index contributed by atoms with van der Waals surface area (Å²) in [6.45, 7) is 3.45. The van der Waals surface area contributed by atoms with Crippen LogP contribution < -0.4 is 5.32 Å². The van der Waals surface area contributed by atoms with Crippen molar-refractivity contribution in [2.24, 2.45) is 0 Å². The maximum Gasteiger partial charge on any atom is 0.234 e. The van der Waals surface area contributed by atoms with E-state index in [1.54, 1.807) is 0 Å². The second-order valence-electron chi connectivity index (χ2n) is 6.60. The molecule has 1 saturated carbocycles. The van der Waals surface area contributed by atoms with Gasteiger partial charge in [-0.15, -0.1) is 0 Å². The third-order valence-electron chi connectivity index (χ3n) is 4.52. The zero-order valence-corrected chi connectivity index (χ0v) is 13.5. The molecule has 24 heavy (non-hydrogen) atoms. The van der Waals surface area contributed by atoms with Gasteiger partial charge in [0.05, 0.1) is 12.6 Å². The molecule has 1 aromatic rings. The molecule has 1 aliphatic carbocycles. The minimum atomic E-state index is -1.06. The number of aliphatic hydroxyl groups excluding tert-OH is 1. The molecular weight excluding hydrogens is 316 g/mol. The average molecular weight is 339 g/mol. The third-order valence-corrected chi connectivity index (χ3v) is 4.52. The van der Waals surface area contributed by atoms with E-state index < -0.39 is 17.7 Å². The largest absolute Gasteiger partial charge is 0.387 e. The van der Waals surface area contributed by atoms with Crippen molar-refractivity contribution in [1.29, 1.82) is 0 Å². The van der Waals surface area contributed by atoms with E-state index in [1.807, 2.05) is 4.90 Å². The van der Waals surface area contributed by atoms with Crippen molar-refractivity contribution in [2.75, 3.05) is 39.3 Å². The zero-order valence-electron chi connectivity index (χ0n) is 13.5. The fourth-order valence-corrected chi connectivity index (χ4v) is 2.95. The number of β-amino-alcohol motifs (C(OH)–C–C–N with tert-alkyl or cyclic N) is 1. The monoisotopic (exact) mass is 339 g/mol. The minimum Gasteiger partial charge on any atom is -0.387 e. The molecule has 1 heterocycles. The van der Waals surface area contributed by atoms with Crippen LogP contribution in [0.2, 0.25) is 0 Å². The number of carbonyl (C=O) groups excluding carboxylic acids is 1. The van der Waals surface area contributed by atoms with Crippen molar-refractivity contribution in [1.82, 2.24) is 15.1 Å². The van der Waals surface area contributed by atoms with E-state index in [2.05, 4.69) is 10.2 Å². The molecule has 2 fully saturated rings. The molecule has 3 rings (SSSR count). The van der Waals surface area contributed by atoms with Gasteiger partial charge in [-0.1, -0.05) is 0 Å². The highest BCUT2D eigenvalue weighted by atomic mass is 19.1. The standard InChI is InChI=1S/C17H23F2N3O2/c18-12-1-4-15(19)14(9-12)16(23)10-21-5-7-22(8-6-21)11-17(24)20-13-2-3-13/h1,4,9,13,16,23H,2-3,5-8,10-11H2,(H,20,24). The van der Waals surface area contributed by atoms with Gasteiger partial charge in [0.2, 0.25) is 5.91 Å². The summed E-state index contributed by atoms with van der Waals surface area (Å²) in [6.07, 6.45) is 1.09.